The lowest BCUT2D eigenvalue weighted by Crippen LogP contribution is -2.18. The SMILES string of the molecule is COc1cc(OC)c(Cc2ccc3c(c2)C(=O)C3)cc1Br. The van der Waals surface area contributed by atoms with Crippen LogP contribution in [0.5, 0.6) is 11.5 Å². The van der Waals surface area contributed by atoms with Crippen LogP contribution in [0.25, 0.3) is 0 Å². The van der Waals surface area contributed by atoms with E-state index in [-0.39, 0.29) is 5.78 Å². The summed E-state index contributed by atoms with van der Waals surface area (Å²) in [5.41, 5.74) is 4.17. The fraction of sp³-hybridized carbons (Fsp3) is 0.235. The van der Waals surface area contributed by atoms with Crippen molar-refractivity contribution in [2.24, 2.45) is 0 Å². The Morgan fingerprint density at radius 2 is 1.86 bits per heavy atom. The summed E-state index contributed by atoms with van der Waals surface area (Å²) in [5, 5.41) is 0. The zero-order valence-corrected chi connectivity index (χ0v) is 13.5. The van der Waals surface area contributed by atoms with Crippen LogP contribution < -0.4 is 9.47 Å². The average molecular weight is 347 g/mol. The van der Waals surface area contributed by atoms with Gasteiger partial charge in [-0.05, 0) is 44.8 Å². The van der Waals surface area contributed by atoms with Gasteiger partial charge in [0, 0.05) is 24.5 Å². The van der Waals surface area contributed by atoms with Gasteiger partial charge in [-0.2, -0.15) is 0 Å². The average Bonchev–Trinajstić information content (AvgIpc) is 2.48. The van der Waals surface area contributed by atoms with E-state index in [0.29, 0.717) is 12.8 Å². The number of ketones is 1. The second-order valence-electron chi connectivity index (χ2n) is 5.07. The molecule has 0 aliphatic heterocycles. The Morgan fingerprint density at radius 3 is 2.52 bits per heavy atom. The minimum Gasteiger partial charge on any atom is -0.496 e. The molecule has 108 valence electrons. The molecule has 0 spiro atoms. The first kappa shape index (κ1) is 14.1. The molecular formula is C17H15BrO3. The molecule has 0 saturated heterocycles. The molecule has 0 amide bonds. The van der Waals surface area contributed by atoms with Crippen molar-refractivity contribution < 1.29 is 14.3 Å². The van der Waals surface area contributed by atoms with Crippen LogP contribution in [-0.4, -0.2) is 20.0 Å². The molecule has 0 atom stereocenters. The Labute approximate surface area is 132 Å². The topological polar surface area (TPSA) is 35.5 Å². The van der Waals surface area contributed by atoms with Crippen molar-refractivity contribution in [2.45, 2.75) is 12.8 Å². The van der Waals surface area contributed by atoms with Crippen molar-refractivity contribution in [3.8, 4) is 11.5 Å². The number of ether oxygens (including phenoxy) is 2. The summed E-state index contributed by atoms with van der Waals surface area (Å²) in [6.45, 7) is 0. The van der Waals surface area contributed by atoms with E-state index in [2.05, 4.69) is 22.0 Å². The van der Waals surface area contributed by atoms with Crippen molar-refractivity contribution >= 4 is 21.7 Å². The van der Waals surface area contributed by atoms with Crippen LogP contribution in [0.2, 0.25) is 0 Å². The molecule has 0 heterocycles. The van der Waals surface area contributed by atoms with Gasteiger partial charge in [-0.25, -0.2) is 0 Å². The lowest BCUT2D eigenvalue weighted by Gasteiger charge is -2.18. The van der Waals surface area contributed by atoms with Gasteiger partial charge in [0.1, 0.15) is 11.5 Å². The number of carbonyl (C=O) groups is 1. The first-order valence-electron chi connectivity index (χ1n) is 6.67. The quantitative estimate of drug-likeness (QED) is 0.844. The van der Waals surface area contributed by atoms with Gasteiger partial charge in [-0.15, -0.1) is 0 Å². The molecule has 1 aliphatic rings. The molecule has 3 nitrogen and oxygen atoms in total. The number of hydrogen-bond donors (Lipinski definition) is 0. The van der Waals surface area contributed by atoms with Gasteiger partial charge in [0.15, 0.2) is 5.78 Å². The Bertz CT molecular complexity index is 722. The predicted octanol–water partition coefficient (Wildman–Crippen LogP) is 3.80. The molecule has 21 heavy (non-hydrogen) atoms. The van der Waals surface area contributed by atoms with Crippen molar-refractivity contribution in [1.29, 1.82) is 0 Å². The molecule has 0 N–H and O–H groups in total. The van der Waals surface area contributed by atoms with Crippen LogP contribution >= 0.6 is 15.9 Å². The van der Waals surface area contributed by atoms with E-state index in [4.69, 9.17) is 9.47 Å². The van der Waals surface area contributed by atoms with Crippen LogP contribution in [-0.2, 0) is 12.8 Å². The maximum atomic E-state index is 11.5. The molecule has 2 aromatic carbocycles. The molecular weight excluding hydrogens is 332 g/mol. The zero-order valence-electron chi connectivity index (χ0n) is 11.9. The predicted molar refractivity (Wildman–Crippen MR) is 84.5 cm³/mol. The number of hydrogen-bond acceptors (Lipinski definition) is 3. The fourth-order valence-corrected chi connectivity index (χ4v) is 3.14. The highest BCUT2D eigenvalue weighted by Crippen LogP contribution is 2.34. The Balaban J connectivity index is 1.94. The number of halogens is 1. The Hall–Kier alpha value is -1.81. The van der Waals surface area contributed by atoms with E-state index in [1.807, 2.05) is 24.3 Å². The minimum atomic E-state index is 0.231. The zero-order chi connectivity index (χ0) is 15.0. The largest absolute Gasteiger partial charge is 0.496 e. The molecule has 0 saturated carbocycles. The van der Waals surface area contributed by atoms with Crippen LogP contribution in [0.15, 0.2) is 34.8 Å². The Morgan fingerprint density at radius 1 is 1.10 bits per heavy atom. The van der Waals surface area contributed by atoms with E-state index in [1.54, 1.807) is 14.2 Å². The fourth-order valence-electron chi connectivity index (χ4n) is 2.59. The minimum absolute atomic E-state index is 0.231. The molecule has 0 aromatic heterocycles. The number of methoxy groups -OCH3 is 2. The van der Waals surface area contributed by atoms with Crippen LogP contribution in [0.3, 0.4) is 0 Å². The second kappa shape index (κ2) is 5.53. The molecule has 2 aromatic rings. The lowest BCUT2D eigenvalue weighted by atomic mass is 9.85. The highest BCUT2D eigenvalue weighted by molar-refractivity contribution is 9.10. The van der Waals surface area contributed by atoms with Gasteiger partial charge in [0.25, 0.3) is 0 Å². The molecule has 0 radical (unpaired) electrons. The molecule has 0 unspecified atom stereocenters. The third-order valence-electron chi connectivity index (χ3n) is 3.78. The van der Waals surface area contributed by atoms with E-state index in [0.717, 1.165) is 38.2 Å². The first-order valence-corrected chi connectivity index (χ1v) is 7.47. The van der Waals surface area contributed by atoms with Gasteiger partial charge in [0.05, 0.1) is 18.7 Å². The van der Waals surface area contributed by atoms with Crippen LogP contribution in [0.4, 0.5) is 0 Å². The van der Waals surface area contributed by atoms with Gasteiger partial charge < -0.3 is 9.47 Å². The van der Waals surface area contributed by atoms with Gasteiger partial charge in [-0.3, -0.25) is 4.79 Å². The van der Waals surface area contributed by atoms with E-state index in [1.165, 1.54) is 0 Å². The molecule has 1 aliphatic carbocycles. The maximum Gasteiger partial charge on any atom is 0.167 e. The molecule has 4 heteroatoms. The van der Waals surface area contributed by atoms with Crippen LogP contribution in [0, 0.1) is 0 Å². The third-order valence-corrected chi connectivity index (χ3v) is 4.39. The maximum absolute atomic E-state index is 11.5. The number of rotatable bonds is 4. The third kappa shape index (κ3) is 2.56. The number of benzene rings is 2. The van der Waals surface area contributed by atoms with Crippen molar-refractivity contribution in [3.63, 3.8) is 0 Å². The second-order valence-corrected chi connectivity index (χ2v) is 5.92. The van der Waals surface area contributed by atoms with Crippen LogP contribution in [0.1, 0.15) is 27.0 Å². The Kier molecular flexibility index (Phi) is 3.72. The molecule has 0 bridgehead atoms. The van der Waals surface area contributed by atoms with Crippen molar-refractivity contribution in [1.82, 2.24) is 0 Å². The molecule has 0 fully saturated rings. The summed E-state index contributed by atoms with van der Waals surface area (Å²) in [6.07, 6.45) is 1.29. The summed E-state index contributed by atoms with van der Waals surface area (Å²) in [4.78, 5) is 11.5. The summed E-state index contributed by atoms with van der Waals surface area (Å²) in [7, 11) is 3.27. The summed E-state index contributed by atoms with van der Waals surface area (Å²) in [5.74, 6) is 1.75. The van der Waals surface area contributed by atoms with E-state index in [9.17, 15) is 4.79 Å². The summed E-state index contributed by atoms with van der Waals surface area (Å²) < 4.78 is 11.6. The highest BCUT2D eigenvalue weighted by atomic mass is 79.9. The number of Topliss-reactive ketones (excluding diaryl/α,β-unsaturated/α-hetero) is 1. The highest BCUT2D eigenvalue weighted by Gasteiger charge is 2.23. The van der Waals surface area contributed by atoms with Gasteiger partial charge in [-0.1, -0.05) is 12.1 Å². The molecule has 3 rings (SSSR count). The van der Waals surface area contributed by atoms with Crippen molar-refractivity contribution in [2.75, 3.05) is 14.2 Å². The monoisotopic (exact) mass is 346 g/mol. The lowest BCUT2D eigenvalue weighted by molar-refractivity contribution is 0.0968. The van der Waals surface area contributed by atoms with Crippen molar-refractivity contribution in [3.05, 3.63) is 57.1 Å². The number of carbonyl (C=O) groups excluding carboxylic acids is 1. The number of fused-ring (bicyclic) bond motifs is 1. The standard InChI is InChI=1S/C17H15BrO3/c1-20-16-9-17(21-2)14(18)7-12(16)5-10-3-4-11-8-15(19)13(11)6-10/h3-4,6-7,9H,5,8H2,1-2H3. The van der Waals surface area contributed by atoms with Gasteiger partial charge >= 0.3 is 0 Å². The van der Waals surface area contributed by atoms with E-state index >= 15 is 0 Å². The van der Waals surface area contributed by atoms with E-state index < -0.39 is 0 Å². The normalized spacial score (nSPS) is 12.6. The van der Waals surface area contributed by atoms with Gasteiger partial charge in [0.2, 0.25) is 0 Å². The first-order chi connectivity index (χ1) is 10.1. The summed E-state index contributed by atoms with van der Waals surface area (Å²) in [6, 6.07) is 9.96. The smallest absolute Gasteiger partial charge is 0.167 e. The summed E-state index contributed by atoms with van der Waals surface area (Å²) >= 11 is 3.50.